The van der Waals surface area contributed by atoms with Crippen LogP contribution in [0.5, 0.6) is 5.75 Å². The molecule has 0 spiro atoms. The van der Waals surface area contributed by atoms with Crippen molar-refractivity contribution in [2.45, 2.75) is 20.0 Å². The molecule has 1 aliphatic rings. The second kappa shape index (κ2) is 9.11. The van der Waals surface area contributed by atoms with E-state index in [0.29, 0.717) is 37.0 Å². The summed E-state index contributed by atoms with van der Waals surface area (Å²) in [5.74, 6) is 0.697. The molecule has 1 heterocycles. The molecule has 0 aromatic heterocycles. The van der Waals surface area contributed by atoms with Gasteiger partial charge in [-0.05, 0) is 37.6 Å². The van der Waals surface area contributed by atoms with E-state index in [1.54, 1.807) is 24.0 Å². The minimum atomic E-state index is -0.588. The quantitative estimate of drug-likeness (QED) is 0.846. The molecule has 6 nitrogen and oxygen atoms in total. The van der Waals surface area contributed by atoms with Gasteiger partial charge in [0.2, 0.25) is 0 Å². The van der Waals surface area contributed by atoms with Gasteiger partial charge in [0, 0.05) is 37.7 Å². The summed E-state index contributed by atoms with van der Waals surface area (Å²) in [4.78, 5) is 15.5. The standard InChI is InChI=1S/C17H25ClN2O4/c1-3-23-17(22)20-8-6-19(7-9-20)11-14(21)12-24-15-4-5-16(18)13(2)10-15/h4-5,10,14,21H,3,6-9,11-12H2,1-2H3/t14-/m0/s1. The first-order chi connectivity index (χ1) is 11.5. The van der Waals surface area contributed by atoms with Gasteiger partial charge in [0.15, 0.2) is 0 Å². The molecule has 1 aromatic carbocycles. The highest BCUT2D eigenvalue weighted by Crippen LogP contribution is 2.21. The number of carbonyl (C=O) groups excluding carboxylic acids is 1. The summed E-state index contributed by atoms with van der Waals surface area (Å²) in [6.45, 7) is 7.50. The van der Waals surface area contributed by atoms with Crippen LogP contribution >= 0.6 is 11.6 Å². The molecule has 0 radical (unpaired) electrons. The molecule has 1 aliphatic heterocycles. The van der Waals surface area contributed by atoms with E-state index in [-0.39, 0.29) is 12.7 Å². The van der Waals surface area contributed by atoms with Gasteiger partial charge >= 0.3 is 6.09 Å². The van der Waals surface area contributed by atoms with Crippen LogP contribution in [0, 0.1) is 6.92 Å². The third-order valence-electron chi connectivity index (χ3n) is 3.94. The maximum Gasteiger partial charge on any atom is 0.409 e. The van der Waals surface area contributed by atoms with Crippen LogP contribution in [0.15, 0.2) is 18.2 Å². The third-order valence-corrected chi connectivity index (χ3v) is 4.36. The molecule has 1 amide bonds. The normalized spacial score (nSPS) is 16.8. The van der Waals surface area contributed by atoms with Gasteiger partial charge in [0.05, 0.1) is 6.61 Å². The minimum Gasteiger partial charge on any atom is -0.491 e. The highest BCUT2D eigenvalue weighted by molar-refractivity contribution is 6.31. The van der Waals surface area contributed by atoms with Crippen LogP contribution in [0.25, 0.3) is 0 Å². The van der Waals surface area contributed by atoms with Crippen LogP contribution in [0.1, 0.15) is 12.5 Å². The van der Waals surface area contributed by atoms with Crippen molar-refractivity contribution in [2.24, 2.45) is 0 Å². The fraction of sp³-hybridized carbons (Fsp3) is 0.588. The summed E-state index contributed by atoms with van der Waals surface area (Å²) in [7, 11) is 0. The molecule has 1 N–H and O–H groups in total. The Bertz CT molecular complexity index is 547. The van der Waals surface area contributed by atoms with Crippen LogP contribution in [0.4, 0.5) is 4.79 Å². The summed E-state index contributed by atoms with van der Waals surface area (Å²) in [5.41, 5.74) is 0.943. The Labute approximate surface area is 147 Å². The third kappa shape index (κ3) is 5.54. The van der Waals surface area contributed by atoms with E-state index in [0.717, 1.165) is 18.7 Å². The van der Waals surface area contributed by atoms with Crippen LogP contribution in [0.2, 0.25) is 5.02 Å². The van der Waals surface area contributed by atoms with Gasteiger partial charge in [-0.3, -0.25) is 4.90 Å². The highest BCUT2D eigenvalue weighted by Gasteiger charge is 2.23. The zero-order valence-electron chi connectivity index (χ0n) is 14.2. The van der Waals surface area contributed by atoms with Gasteiger partial charge in [-0.15, -0.1) is 0 Å². The number of benzene rings is 1. The highest BCUT2D eigenvalue weighted by atomic mass is 35.5. The van der Waals surface area contributed by atoms with Gasteiger partial charge < -0.3 is 19.5 Å². The maximum absolute atomic E-state index is 11.6. The monoisotopic (exact) mass is 356 g/mol. The van der Waals surface area contributed by atoms with Gasteiger partial charge in [-0.2, -0.15) is 0 Å². The number of hydrogen-bond acceptors (Lipinski definition) is 5. The molecule has 1 atom stereocenters. The predicted molar refractivity (Wildman–Crippen MR) is 92.7 cm³/mol. The van der Waals surface area contributed by atoms with Crippen LogP contribution in [-0.4, -0.2) is 73.0 Å². The van der Waals surface area contributed by atoms with Crippen molar-refractivity contribution >= 4 is 17.7 Å². The number of ether oxygens (including phenoxy) is 2. The van der Waals surface area contributed by atoms with Crippen molar-refractivity contribution in [3.63, 3.8) is 0 Å². The number of β-amino-alcohol motifs (C(OH)–C–C–N with tert-alkyl or cyclic N) is 1. The van der Waals surface area contributed by atoms with Crippen molar-refractivity contribution in [3.8, 4) is 5.75 Å². The SMILES string of the molecule is CCOC(=O)N1CCN(C[C@H](O)COc2ccc(Cl)c(C)c2)CC1. The molecule has 2 rings (SSSR count). The first-order valence-corrected chi connectivity index (χ1v) is 8.58. The second-order valence-electron chi connectivity index (χ2n) is 5.86. The Morgan fingerprint density at radius 3 is 2.67 bits per heavy atom. The number of aliphatic hydroxyl groups is 1. The van der Waals surface area contributed by atoms with E-state index in [2.05, 4.69) is 4.90 Å². The molecule has 0 saturated carbocycles. The van der Waals surface area contributed by atoms with Gasteiger partial charge in [0.25, 0.3) is 0 Å². The minimum absolute atomic E-state index is 0.221. The number of nitrogens with zero attached hydrogens (tertiary/aromatic N) is 2. The molecule has 0 unspecified atom stereocenters. The predicted octanol–water partition coefficient (Wildman–Crippen LogP) is 2.16. The zero-order chi connectivity index (χ0) is 17.5. The molecular formula is C17H25ClN2O4. The number of hydrogen-bond donors (Lipinski definition) is 1. The van der Waals surface area contributed by atoms with E-state index in [1.165, 1.54) is 0 Å². The lowest BCUT2D eigenvalue weighted by molar-refractivity contribution is 0.0407. The molecule has 134 valence electrons. The van der Waals surface area contributed by atoms with E-state index in [9.17, 15) is 9.90 Å². The molecule has 24 heavy (non-hydrogen) atoms. The van der Waals surface area contributed by atoms with Crippen molar-refractivity contribution < 1.29 is 19.4 Å². The van der Waals surface area contributed by atoms with Crippen LogP contribution in [-0.2, 0) is 4.74 Å². The second-order valence-corrected chi connectivity index (χ2v) is 6.27. The zero-order valence-corrected chi connectivity index (χ0v) is 15.0. The molecule has 1 fully saturated rings. The number of piperazine rings is 1. The van der Waals surface area contributed by atoms with Gasteiger partial charge in [0.1, 0.15) is 18.5 Å². The van der Waals surface area contributed by atoms with E-state index < -0.39 is 6.10 Å². The van der Waals surface area contributed by atoms with E-state index in [4.69, 9.17) is 21.1 Å². The topological polar surface area (TPSA) is 62.2 Å². The molecule has 1 aromatic rings. The number of aliphatic hydroxyl groups excluding tert-OH is 1. The Balaban J connectivity index is 1.70. The molecule has 0 aliphatic carbocycles. The molecule has 7 heteroatoms. The summed E-state index contributed by atoms with van der Waals surface area (Å²) in [6, 6.07) is 5.43. The fourth-order valence-electron chi connectivity index (χ4n) is 2.58. The summed E-state index contributed by atoms with van der Waals surface area (Å²) < 4.78 is 10.6. The van der Waals surface area contributed by atoms with Gasteiger partial charge in [-0.1, -0.05) is 11.6 Å². The van der Waals surface area contributed by atoms with Crippen molar-refractivity contribution in [1.29, 1.82) is 0 Å². The Kier molecular flexibility index (Phi) is 7.15. The van der Waals surface area contributed by atoms with Crippen molar-refractivity contribution in [2.75, 3.05) is 45.9 Å². The number of halogens is 1. The Morgan fingerprint density at radius 1 is 1.33 bits per heavy atom. The van der Waals surface area contributed by atoms with E-state index in [1.807, 2.05) is 13.0 Å². The first kappa shape index (κ1) is 18.8. The lowest BCUT2D eigenvalue weighted by atomic mass is 10.2. The summed E-state index contributed by atoms with van der Waals surface area (Å²) >= 11 is 5.98. The number of amides is 1. The number of carbonyl (C=O) groups is 1. The van der Waals surface area contributed by atoms with Crippen LogP contribution in [0.3, 0.4) is 0 Å². The van der Waals surface area contributed by atoms with Crippen molar-refractivity contribution in [1.82, 2.24) is 9.80 Å². The molecular weight excluding hydrogens is 332 g/mol. The lowest BCUT2D eigenvalue weighted by Gasteiger charge is -2.34. The van der Waals surface area contributed by atoms with Crippen LogP contribution < -0.4 is 4.74 Å². The summed E-state index contributed by atoms with van der Waals surface area (Å²) in [5, 5.41) is 10.8. The van der Waals surface area contributed by atoms with E-state index >= 15 is 0 Å². The largest absolute Gasteiger partial charge is 0.491 e. The van der Waals surface area contributed by atoms with Crippen molar-refractivity contribution in [3.05, 3.63) is 28.8 Å². The Hall–Kier alpha value is -1.50. The fourth-order valence-corrected chi connectivity index (χ4v) is 2.70. The average Bonchev–Trinajstić information content (AvgIpc) is 2.57. The average molecular weight is 357 g/mol. The lowest BCUT2D eigenvalue weighted by Crippen LogP contribution is -2.51. The Morgan fingerprint density at radius 2 is 2.04 bits per heavy atom. The molecule has 1 saturated heterocycles. The number of aryl methyl sites for hydroxylation is 1. The smallest absolute Gasteiger partial charge is 0.409 e. The number of rotatable bonds is 6. The van der Waals surface area contributed by atoms with Gasteiger partial charge in [-0.25, -0.2) is 4.79 Å². The molecule has 0 bridgehead atoms. The maximum atomic E-state index is 11.6. The summed E-state index contributed by atoms with van der Waals surface area (Å²) in [6.07, 6.45) is -0.853. The first-order valence-electron chi connectivity index (χ1n) is 8.20.